The Bertz CT molecular complexity index is 579. The Morgan fingerprint density at radius 2 is 2.33 bits per heavy atom. The molecule has 1 aromatic carbocycles. The number of aromatic nitrogens is 2. The summed E-state index contributed by atoms with van der Waals surface area (Å²) < 4.78 is 13.0. The number of H-pyrrole nitrogens is 1. The predicted octanol–water partition coefficient (Wildman–Crippen LogP) is 1.37. The van der Waals surface area contributed by atoms with Gasteiger partial charge in [0.15, 0.2) is 0 Å². The van der Waals surface area contributed by atoms with Gasteiger partial charge in [-0.2, -0.15) is 5.10 Å². The smallest absolute Gasteiger partial charge is 0.251 e. The lowest BCUT2D eigenvalue weighted by molar-refractivity contribution is 0.0951. The van der Waals surface area contributed by atoms with Gasteiger partial charge in [0.25, 0.3) is 5.91 Å². The molecule has 0 radical (unpaired) electrons. The highest BCUT2D eigenvalue weighted by Gasteiger charge is 2.09. The summed E-state index contributed by atoms with van der Waals surface area (Å²) in [6, 6.07) is 3.88. The van der Waals surface area contributed by atoms with Gasteiger partial charge in [0.1, 0.15) is 5.82 Å². The lowest BCUT2D eigenvalue weighted by atomic mass is 10.1. The monoisotopic (exact) mass is 248 g/mol. The molecule has 1 amide bonds. The van der Waals surface area contributed by atoms with Crippen molar-refractivity contribution in [2.45, 2.75) is 13.5 Å². The summed E-state index contributed by atoms with van der Waals surface area (Å²) in [6.07, 6.45) is 1.65. The number of nitrogen functional groups attached to an aromatic ring is 1. The van der Waals surface area contributed by atoms with Crippen LogP contribution in [0.25, 0.3) is 0 Å². The first-order valence-corrected chi connectivity index (χ1v) is 5.40. The van der Waals surface area contributed by atoms with E-state index in [-0.39, 0.29) is 11.6 Å². The molecular weight excluding hydrogens is 235 g/mol. The number of hydrogen-bond acceptors (Lipinski definition) is 3. The van der Waals surface area contributed by atoms with Crippen LogP contribution in [0, 0.1) is 12.7 Å². The number of nitrogens with zero attached hydrogens (tertiary/aromatic N) is 1. The van der Waals surface area contributed by atoms with Gasteiger partial charge in [-0.25, -0.2) is 4.39 Å². The van der Waals surface area contributed by atoms with Crippen molar-refractivity contribution < 1.29 is 9.18 Å². The fourth-order valence-electron chi connectivity index (χ4n) is 1.52. The van der Waals surface area contributed by atoms with Crippen LogP contribution in [-0.2, 0) is 6.54 Å². The Balaban J connectivity index is 2.04. The molecule has 0 aliphatic carbocycles. The molecule has 1 heterocycles. The molecule has 0 unspecified atom stereocenters. The van der Waals surface area contributed by atoms with Crippen molar-refractivity contribution in [2.75, 3.05) is 5.73 Å². The lowest BCUT2D eigenvalue weighted by Gasteiger charge is -2.05. The van der Waals surface area contributed by atoms with E-state index in [1.807, 2.05) is 6.92 Å². The van der Waals surface area contributed by atoms with E-state index in [9.17, 15) is 9.18 Å². The third kappa shape index (κ3) is 2.48. The zero-order chi connectivity index (χ0) is 13.1. The predicted molar refractivity (Wildman–Crippen MR) is 65.3 cm³/mol. The Morgan fingerprint density at radius 1 is 1.56 bits per heavy atom. The van der Waals surface area contributed by atoms with E-state index >= 15 is 0 Å². The molecule has 2 rings (SSSR count). The zero-order valence-corrected chi connectivity index (χ0v) is 9.83. The first-order chi connectivity index (χ1) is 8.58. The molecule has 94 valence electrons. The van der Waals surface area contributed by atoms with Crippen molar-refractivity contribution in [3.8, 4) is 0 Å². The molecule has 18 heavy (non-hydrogen) atoms. The molecule has 1 aromatic heterocycles. The average Bonchev–Trinajstić information content (AvgIpc) is 2.75. The minimum atomic E-state index is -0.530. The van der Waals surface area contributed by atoms with E-state index in [1.165, 1.54) is 18.2 Å². The van der Waals surface area contributed by atoms with E-state index in [0.29, 0.717) is 12.1 Å². The van der Waals surface area contributed by atoms with Crippen molar-refractivity contribution in [3.05, 3.63) is 47.0 Å². The number of hydrogen-bond donors (Lipinski definition) is 3. The van der Waals surface area contributed by atoms with Crippen LogP contribution in [0.15, 0.2) is 24.4 Å². The number of rotatable bonds is 3. The van der Waals surface area contributed by atoms with Gasteiger partial charge in [0.05, 0.1) is 11.9 Å². The van der Waals surface area contributed by atoms with Crippen molar-refractivity contribution >= 4 is 11.6 Å². The Hall–Kier alpha value is -2.37. The van der Waals surface area contributed by atoms with Crippen LogP contribution in [0.4, 0.5) is 10.1 Å². The maximum absolute atomic E-state index is 13.0. The van der Waals surface area contributed by atoms with Gasteiger partial charge in [-0.3, -0.25) is 9.89 Å². The summed E-state index contributed by atoms with van der Waals surface area (Å²) in [6.45, 7) is 2.23. The molecule has 0 saturated heterocycles. The van der Waals surface area contributed by atoms with Gasteiger partial charge >= 0.3 is 0 Å². The topological polar surface area (TPSA) is 83.8 Å². The second-order valence-electron chi connectivity index (χ2n) is 3.94. The molecule has 0 fully saturated rings. The van der Waals surface area contributed by atoms with E-state index in [2.05, 4.69) is 15.5 Å². The van der Waals surface area contributed by atoms with Crippen LogP contribution >= 0.6 is 0 Å². The number of benzene rings is 1. The highest BCUT2D eigenvalue weighted by Crippen LogP contribution is 2.12. The van der Waals surface area contributed by atoms with Gasteiger partial charge in [0, 0.05) is 23.4 Å². The SMILES string of the molecule is Cc1[nH]ncc1CNC(=O)c1ccc(F)c(N)c1. The van der Waals surface area contributed by atoms with Crippen molar-refractivity contribution in [3.63, 3.8) is 0 Å². The van der Waals surface area contributed by atoms with Gasteiger partial charge in [-0.05, 0) is 25.1 Å². The summed E-state index contributed by atoms with van der Waals surface area (Å²) in [5, 5.41) is 9.34. The summed E-state index contributed by atoms with van der Waals surface area (Å²) in [4.78, 5) is 11.8. The molecule has 0 spiro atoms. The lowest BCUT2D eigenvalue weighted by Crippen LogP contribution is -2.23. The highest BCUT2D eigenvalue weighted by atomic mass is 19.1. The maximum atomic E-state index is 13.0. The number of aromatic amines is 1. The molecule has 6 heteroatoms. The Labute approximate surface area is 103 Å². The van der Waals surface area contributed by atoms with Crippen LogP contribution < -0.4 is 11.1 Å². The van der Waals surface area contributed by atoms with Crippen molar-refractivity contribution in [2.24, 2.45) is 0 Å². The second kappa shape index (κ2) is 4.87. The molecule has 2 aromatic rings. The van der Waals surface area contributed by atoms with Crippen molar-refractivity contribution in [1.82, 2.24) is 15.5 Å². The van der Waals surface area contributed by atoms with Gasteiger partial charge in [0.2, 0.25) is 0 Å². The standard InChI is InChI=1S/C12H13FN4O/c1-7-9(6-16-17-7)5-15-12(18)8-2-3-10(13)11(14)4-8/h2-4,6H,5,14H2,1H3,(H,15,18)(H,16,17). The normalized spacial score (nSPS) is 10.3. The van der Waals surface area contributed by atoms with Crippen LogP contribution in [0.2, 0.25) is 0 Å². The number of halogens is 1. The van der Waals surface area contributed by atoms with Crippen LogP contribution in [0.5, 0.6) is 0 Å². The first-order valence-electron chi connectivity index (χ1n) is 5.40. The number of amides is 1. The van der Waals surface area contributed by atoms with Crippen LogP contribution in [0.3, 0.4) is 0 Å². The van der Waals surface area contributed by atoms with E-state index < -0.39 is 5.82 Å². The zero-order valence-electron chi connectivity index (χ0n) is 9.83. The third-order valence-corrected chi connectivity index (χ3v) is 2.63. The largest absolute Gasteiger partial charge is 0.396 e. The number of nitrogens with two attached hydrogens (primary N) is 1. The molecule has 0 aliphatic rings. The summed E-state index contributed by atoms with van der Waals surface area (Å²) >= 11 is 0. The highest BCUT2D eigenvalue weighted by molar-refractivity contribution is 5.94. The molecule has 0 atom stereocenters. The molecule has 0 saturated carbocycles. The Kier molecular flexibility index (Phi) is 3.27. The Morgan fingerprint density at radius 3 is 2.94 bits per heavy atom. The van der Waals surface area contributed by atoms with E-state index in [1.54, 1.807) is 6.20 Å². The van der Waals surface area contributed by atoms with Gasteiger partial charge in [-0.15, -0.1) is 0 Å². The molecule has 4 N–H and O–H groups in total. The van der Waals surface area contributed by atoms with Gasteiger partial charge in [-0.1, -0.05) is 0 Å². The van der Waals surface area contributed by atoms with Crippen LogP contribution in [-0.4, -0.2) is 16.1 Å². The fourth-order valence-corrected chi connectivity index (χ4v) is 1.52. The summed E-state index contributed by atoms with van der Waals surface area (Å²) in [5.74, 6) is -0.834. The number of carbonyl (C=O) groups excluding carboxylic acids is 1. The number of anilines is 1. The molecular formula is C12H13FN4O. The minimum Gasteiger partial charge on any atom is -0.396 e. The van der Waals surface area contributed by atoms with E-state index in [0.717, 1.165) is 11.3 Å². The summed E-state index contributed by atoms with van der Waals surface area (Å²) in [5.41, 5.74) is 7.49. The van der Waals surface area contributed by atoms with Crippen LogP contribution in [0.1, 0.15) is 21.6 Å². The fraction of sp³-hybridized carbons (Fsp3) is 0.167. The molecule has 0 aliphatic heterocycles. The number of carbonyl (C=O) groups is 1. The van der Waals surface area contributed by atoms with E-state index in [4.69, 9.17) is 5.73 Å². The third-order valence-electron chi connectivity index (χ3n) is 2.63. The maximum Gasteiger partial charge on any atom is 0.251 e. The quantitative estimate of drug-likeness (QED) is 0.717. The first kappa shape index (κ1) is 12.1. The van der Waals surface area contributed by atoms with Crippen molar-refractivity contribution in [1.29, 1.82) is 0 Å². The molecule has 0 bridgehead atoms. The second-order valence-corrected chi connectivity index (χ2v) is 3.94. The number of nitrogens with one attached hydrogen (secondary N) is 2. The van der Waals surface area contributed by atoms with Gasteiger partial charge < -0.3 is 11.1 Å². The minimum absolute atomic E-state index is 0.0397. The molecule has 5 nitrogen and oxygen atoms in total. The number of aryl methyl sites for hydroxylation is 1. The summed E-state index contributed by atoms with van der Waals surface area (Å²) in [7, 11) is 0. The average molecular weight is 248 g/mol.